The zero-order valence-corrected chi connectivity index (χ0v) is 16.3. The first kappa shape index (κ1) is 18.9. The van der Waals surface area contributed by atoms with Crippen LogP contribution in [0.5, 0.6) is 0 Å². The Bertz CT molecular complexity index is 865. The van der Waals surface area contributed by atoms with Gasteiger partial charge in [0.25, 0.3) is 5.22 Å². The molecule has 1 amide bonds. The van der Waals surface area contributed by atoms with E-state index >= 15 is 0 Å². The van der Waals surface area contributed by atoms with Crippen molar-refractivity contribution in [2.24, 2.45) is 5.92 Å². The van der Waals surface area contributed by atoms with Crippen molar-refractivity contribution in [3.8, 4) is 0 Å². The zero-order valence-electron chi connectivity index (χ0n) is 14.7. The minimum Gasteiger partial charge on any atom is -0.416 e. The number of hydrogen-bond acceptors (Lipinski definition) is 7. The van der Waals surface area contributed by atoms with Gasteiger partial charge in [-0.1, -0.05) is 30.3 Å². The fraction of sp³-hybridized carbons (Fsp3) is 0.471. The van der Waals surface area contributed by atoms with E-state index in [1.54, 1.807) is 14.1 Å². The van der Waals surface area contributed by atoms with Gasteiger partial charge in [0.05, 0.1) is 11.5 Å². The molecule has 0 spiro atoms. The van der Waals surface area contributed by atoms with Crippen LogP contribution in [0.25, 0.3) is 0 Å². The summed E-state index contributed by atoms with van der Waals surface area (Å²) in [7, 11) is 0.484. The lowest BCUT2D eigenvalue weighted by Gasteiger charge is -2.18. The van der Waals surface area contributed by atoms with E-state index in [9.17, 15) is 13.2 Å². The van der Waals surface area contributed by atoms with Crippen molar-refractivity contribution in [2.75, 3.05) is 25.6 Å². The Balaban J connectivity index is 1.72. The maximum absolute atomic E-state index is 12.6. The van der Waals surface area contributed by atoms with Crippen LogP contribution in [-0.2, 0) is 21.1 Å². The molecule has 2 aromatic rings. The second kappa shape index (κ2) is 7.79. The number of sulfone groups is 1. The fourth-order valence-corrected chi connectivity index (χ4v) is 5.77. The molecule has 1 fully saturated rings. The standard InChI is InChI=1S/C17H21N3O4S2/c1-20(2)16(21)15(13-6-4-3-5-7-13)25-17-19-18-14(24-17)10-12-8-9-26(22,23)11-12/h3-7,12,15H,8-11H2,1-2H3/t12-,15-/m1/s1. The topological polar surface area (TPSA) is 93.4 Å². The molecule has 0 N–H and O–H groups in total. The maximum atomic E-state index is 12.6. The van der Waals surface area contributed by atoms with Gasteiger partial charge >= 0.3 is 0 Å². The highest BCUT2D eigenvalue weighted by atomic mass is 32.2. The van der Waals surface area contributed by atoms with Gasteiger partial charge in [-0.15, -0.1) is 10.2 Å². The Labute approximate surface area is 157 Å². The Morgan fingerprint density at radius 1 is 1.31 bits per heavy atom. The molecule has 1 saturated heterocycles. The van der Waals surface area contributed by atoms with E-state index in [0.717, 1.165) is 5.56 Å². The molecule has 0 radical (unpaired) electrons. The van der Waals surface area contributed by atoms with Crippen molar-refractivity contribution in [1.82, 2.24) is 15.1 Å². The second-order valence-corrected chi connectivity index (χ2v) is 9.86. The predicted molar refractivity (Wildman–Crippen MR) is 98.5 cm³/mol. The van der Waals surface area contributed by atoms with Gasteiger partial charge in [0, 0.05) is 20.5 Å². The summed E-state index contributed by atoms with van der Waals surface area (Å²) in [5, 5.41) is 7.88. The average molecular weight is 396 g/mol. The minimum absolute atomic E-state index is 0.0200. The first-order valence-electron chi connectivity index (χ1n) is 8.29. The first-order valence-corrected chi connectivity index (χ1v) is 11.0. The number of thioether (sulfide) groups is 1. The average Bonchev–Trinajstić information content (AvgIpc) is 3.18. The number of amides is 1. The number of likely N-dealkylation sites (N-methyl/N-ethyl adjacent to an activating group) is 1. The molecule has 0 aliphatic carbocycles. The van der Waals surface area contributed by atoms with Crippen molar-refractivity contribution >= 4 is 27.5 Å². The number of benzene rings is 1. The largest absolute Gasteiger partial charge is 0.416 e. The molecule has 1 aromatic heterocycles. The van der Waals surface area contributed by atoms with E-state index in [4.69, 9.17) is 4.42 Å². The third kappa shape index (κ3) is 4.64. The predicted octanol–water partition coefficient (Wildman–Crippen LogP) is 1.97. The molecule has 2 atom stereocenters. The molecule has 0 saturated carbocycles. The van der Waals surface area contributed by atoms with Crippen LogP contribution in [0.3, 0.4) is 0 Å². The summed E-state index contributed by atoms with van der Waals surface area (Å²) >= 11 is 1.21. The van der Waals surface area contributed by atoms with Crippen LogP contribution in [0, 0.1) is 5.92 Å². The molecule has 1 aliphatic rings. The van der Waals surface area contributed by atoms with E-state index in [1.165, 1.54) is 16.7 Å². The third-order valence-corrected chi connectivity index (χ3v) is 7.14. The van der Waals surface area contributed by atoms with E-state index in [2.05, 4.69) is 10.2 Å². The summed E-state index contributed by atoms with van der Waals surface area (Å²) in [6, 6.07) is 9.43. The monoisotopic (exact) mass is 395 g/mol. The van der Waals surface area contributed by atoms with Crippen molar-refractivity contribution in [2.45, 2.75) is 23.3 Å². The smallest absolute Gasteiger partial charge is 0.277 e. The number of rotatable bonds is 6. The van der Waals surface area contributed by atoms with E-state index in [0.29, 0.717) is 24.0 Å². The molecule has 1 aliphatic heterocycles. The van der Waals surface area contributed by atoms with Crippen molar-refractivity contribution in [3.05, 3.63) is 41.8 Å². The quantitative estimate of drug-likeness (QED) is 0.690. The molecule has 7 nitrogen and oxygen atoms in total. The Morgan fingerprint density at radius 2 is 2.04 bits per heavy atom. The molecule has 26 heavy (non-hydrogen) atoms. The summed E-state index contributed by atoms with van der Waals surface area (Å²) in [4.78, 5) is 14.1. The van der Waals surface area contributed by atoms with Gasteiger partial charge in [-0.05, 0) is 29.7 Å². The molecular weight excluding hydrogens is 374 g/mol. The van der Waals surface area contributed by atoms with E-state index < -0.39 is 15.1 Å². The van der Waals surface area contributed by atoms with E-state index in [-0.39, 0.29) is 23.3 Å². The van der Waals surface area contributed by atoms with Crippen LogP contribution in [0.15, 0.2) is 40.0 Å². The first-order chi connectivity index (χ1) is 12.3. The van der Waals surface area contributed by atoms with Gasteiger partial charge in [0.15, 0.2) is 9.84 Å². The summed E-state index contributed by atoms with van der Waals surface area (Å²) in [6.45, 7) is 0. The van der Waals surface area contributed by atoms with Crippen molar-refractivity contribution in [3.63, 3.8) is 0 Å². The van der Waals surface area contributed by atoms with Crippen LogP contribution in [0.4, 0.5) is 0 Å². The van der Waals surface area contributed by atoms with Crippen LogP contribution < -0.4 is 0 Å². The summed E-state index contributed by atoms with van der Waals surface area (Å²) < 4.78 is 28.8. The summed E-state index contributed by atoms with van der Waals surface area (Å²) in [6.07, 6.45) is 1.07. The number of hydrogen-bond donors (Lipinski definition) is 0. The minimum atomic E-state index is -2.93. The normalized spacial score (nSPS) is 20.0. The second-order valence-electron chi connectivity index (χ2n) is 6.58. The Hall–Kier alpha value is -1.87. The number of carbonyl (C=O) groups is 1. The Morgan fingerprint density at radius 3 is 2.65 bits per heavy atom. The van der Waals surface area contributed by atoms with Crippen LogP contribution >= 0.6 is 11.8 Å². The zero-order chi connectivity index (χ0) is 18.7. The van der Waals surface area contributed by atoms with Gasteiger partial charge in [0.1, 0.15) is 5.25 Å². The summed E-state index contributed by atoms with van der Waals surface area (Å²) in [5.41, 5.74) is 0.859. The highest BCUT2D eigenvalue weighted by Crippen LogP contribution is 2.36. The summed E-state index contributed by atoms with van der Waals surface area (Å²) in [5.74, 6) is 0.762. The van der Waals surface area contributed by atoms with Crippen LogP contribution in [0.2, 0.25) is 0 Å². The lowest BCUT2D eigenvalue weighted by Crippen LogP contribution is -2.26. The van der Waals surface area contributed by atoms with Gasteiger partial charge in [-0.3, -0.25) is 4.79 Å². The molecule has 140 valence electrons. The van der Waals surface area contributed by atoms with Crippen molar-refractivity contribution < 1.29 is 17.6 Å². The van der Waals surface area contributed by atoms with Gasteiger partial charge < -0.3 is 9.32 Å². The van der Waals surface area contributed by atoms with Gasteiger partial charge in [-0.2, -0.15) is 0 Å². The molecule has 3 rings (SSSR count). The van der Waals surface area contributed by atoms with Crippen molar-refractivity contribution in [1.29, 1.82) is 0 Å². The van der Waals surface area contributed by atoms with Crippen LogP contribution in [0.1, 0.15) is 23.1 Å². The number of carbonyl (C=O) groups excluding carboxylic acids is 1. The molecule has 0 bridgehead atoms. The third-order valence-electron chi connectivity index (χ3n) is 4.22. The SMILES string of the molecule is CN(C)C(=O)[C@H](Sc1nnc(C[C@H]2CCS(=O)(=O)C2)o1)c1ccccc1. The molecular formula is C17H21N3O4S2. The molecule has 2 heterocycles. The lowest BCUT2D eigenvalue weighted by molar-refractivity contribution is -0.128. The van der Waals surface area contributed by atoms with E-state index in [1.807, 2.05) is 30.3 Å². The molecule has 1 aromatic carbocycles. The molecule has 9 heteroatoms. The molecule has 0 unspecified atom stereocenters. The van der Waals surface area contributed by atoms with Crippen LogP contribution in [-0.4, -0.2) is 55.0 Å². The highest BCUT2D eigenvalue weighted by Gasteiger charge is 2.30. The fourth-order valence-electron chi connectivity index (χ4n) is 2.87. The maximum Gasteiger partial charge on any atom is 0.277 e. The van der Waals surface area contributed by atoms with Gasteiger partial charge in [-0.25, -0.2) is 8.42 Å². The van der Waals surface area contributed by atoms with Gasteiger partial charge in [0.2, 0.25) is 11.8 Å². The lowest BCUT2D eigenvalue weighted by atomic mass is 10.1. The highest BCUT2D eigenvalue weighted by molar-refractivity contribution is 8.00. The number of aromatic nitrogens is 2. The number of nitrogens with zero attached hydrogens (tertiary/aromatic N) is 3. The Kier molecular flexibility index (Phi) is 5.67.